The van der Waals surface area contributed by atoms with Gasteiger partial charge in [-0.2, -0.15) is 9.47 Å². The highest BCUT2D eigenvalue weighted by Crippen LogP contribution is 2.27. The fourth-order valence-electron chi connectivity index (χ4n) is 3.06. The molecule has 0 atom stereocenters. The Balaban J connectivity index is 1.43. The first-order valence-electron chi connectivity index (χ1n) is 8.82. The molecular formula is C19H15ClN8S. The average Bonchev–Trinajstić information content (AvgIpc) is 3.44. The van der Waals surface area contributed by atoms with Crippen LogP contribution >= 0.6 is 23.1 Å². The number of anilines is 2. The van der Waals surface area contributed by atoms with Gasteiger partial charge in [0, 0.05) is 36.3 Å². The lowest BCUT2D eigenvalue weighted by molar-refractivity contribution is 1.04. The second-order valence-corrected chi connectivity index (χ2v) is 7.75. The number of hydrogen-bond donors (Lipinski definition) is 2. The molecule has 5 aromatic rings. The molecule has 0 amide bonds. The molecular weight excluding hydrogens is 408 g/mol. The van der Waals surface area contributed by atoms with Crippen molar-refractivity contribution in [2.75, 3.05) is 5.32 Å². The number of nitrogens with zero attached hydrogens (tertiary/aromatic N) is 6. The van der Waals surface area contributed by atoms with Gasteiger partial charge in [0.05, 0.1) is 34.5 Å². The van der Waals surface area contributed by atoms with Crippen LogP contribution in [0.5, 0.6) is 0 Å². The van der Waals surface area contributed by atoms with Gasteiger partial charge in [-0.05, 0) is 36.7 Å². The largest absolute Gasteiger partial charge is 0.328 e. The third-order valence-electron chi connectivity index (χ3n) is 4.36. The van der Waals surface area contributed by atoms with Crippen molar-refractivity contribution >= 4 is 39.6 Å². The molecule has 0 aromatic carbocycles. The minimum Gasteiger partial charge on any atom is -0.328 e. The lowest BCUT2D eigenvalue weighted by Crippen LogP contribution is -2.00. The Hall–Kier alpha value is -3.30. The zero-order valence-electron chi connectivity index (χ0n) is 15.3. The molecule has 0 unspecified atom stereocenters. The van der Waals surface area contributed by atoms with E-state index in [1.54, 1.807) is 12.4 Å². The summed E-state index contributed by atoms with van der Waals surface area (Å²) in [5, 5.41) is 11.7. The number of rotatable bonds is 5. The van der Waals surface area contributed by atoms with Gasteiger partial charge in [-0.3, -0.25) is 14.5 Å². The van der Waals surface area contributed by atoms with Gasteiger partial charge in [0.1, 0.15) is 5.00 Å². The highest BCUT2D eigenvalue weighted by Gasteiger charge is 2.14. The van der Waals surface area contributed by atoms with E-state index >= 15 is 0 Å². The van der Waals surface area contributed by atoms with E-state index in [9.17, 15) is 0 Å². The first-order valence-corrected chi connectivity index (χ1v) is 9.98. The number of aromatic amines is 1. The minimum absolute atomic E-state index is 0.624. The van der Waals surface area contributed by atoms with Crippen molar-refractivity contribution in [2.24, 2.45) is 0 Å². The number of fused-ring (bicyclic) bond motifs is 1. The summed E-state index contributed by atoms with van der Waals surface area (Å²) in [5.41, 5.74) is 5.36. The smallest absolute Gasteiger partial charge is 0.180 e. The molecule has 29 heavy (non-hydrogen) atoms. The summed E-state index contributed by atoms with van der Waals surface area (Å²) in [6.07, 6.45) is 9.67. The summed E-state index contributed by atoms with van der Waals surface area (Å²) >= 11 is 7.28. The van der Waals surface area contributed by atoms with Crippen molar-refractivity contribution < 1.29 is 0 Å². The molecule has 0 aliphatic heterocycles. The predicted octanol–water partition coefficient (Wildman–Crippen LogP) is 4.27. The summed E-state index contributed by atoms with van der Waals surface area (Å²) in [6.45, 7) is 1.95. The summed E-state index contributed by atoms with van der Waals surface area (Å²) in [6, 6.07) is 5.74. The topological polar surface area (TPSA) is 96.7 Å². The van der Waals surface area contributed by atoms with Crippen LogP contribution in [0.2, 0.25) is 5.02 Å². The van der Waals surface area contributed by atoms with Gasteiger partial charge < -0.3 is 5.32 Å². The zero-order chi connectivity index (χ0) is 19.8. The van der Waals surface area contributed by atoms with Gasteiger partial charge in [-0.25, -0.2) is 9.97 Å². The van der Waals surface area contributed by atoms with Crippen LogP contribution in [0.4, 0.5) is 10.8 Å². The van der Waals surface area contributed by atoms with Crippen LogP contribution in [0.15, 0.2) is 49.2 Å². The highest BCUT2D eigenvalue weighted by atomic mass is 35.5. The Labute approximate surface area is 174 Å². The molecule has 2 N–H and O–H groups in total. The standard InChI is InChI=1S/C19H15ClN8S/c1-11-10-28-16(12-6-23-24-7-12)9-22-19(28)18(25-11)26-17-5-15(27-29-17)4-14-3-2-13(20)8-21-14/h2-3,5-10H,4H2,1H3,(H,23,24)(H,25,26). The maximum Gasteiger partial charge on any atom is 0.180 e. The SMILES string of the molecule is Cc1cn2c(-c3cn[nH]c3)cnc2c(Nc2cc(Cc3ccc(Cl)cn3)ns2)n1. The number of nitrogens with one attached hydrogen (secondary N) is 2. The van der Waals surface area contributed by atoms with Crippen LogP contribution in [0.25, 0.3) is 16.9 Å². The zero-order valence-corrected chi connectivity index (χ0v) is 16.9. The number of aromatic nitrogens is 7. The second kappa shape index (κ2) is 7.26. The molecule has 0 aliphatic rings. The normalized spacial score (nSPS) is 11.2. The third kappa shape index (κ3) is 3.57. The monoisotopic (exact) mass is 422 g/mol. The summed E-state index contributed by atoms with van der Waals surface area (Å²) in [5.74, 6) is 0.680. The Bertz CT molecular complexity index is 1270. The Kier molecular flexibility index (Phi) is 4.45. The number of hydrogen-bond acceptors (Lipinski definition) is 7. The van der Waals surface area contributed by atoms with Crippen molar-refractivity contribution in [3.8, 4) is 11.3 Å². The van der Waals surface area contributed by atoms with Crippen LogP contribution in [0.1, 0.15) is 17.1 Å². The molecule has 0 saturated carbocycles. The van der Waals surface area contributed by atoms with Gasteiger partial charge in [-0.1, -0.05) is 11.6 Å². The maximum atomic E-state index is 5.90. The van der Waals surface area contributed by atoms with E-state index in [0.29, 0.717) is 17.3 Å². The lowest BCUT2D eigenvalue weighted by atomic mass is 10.2. The molecule has 5 aromatic heterocycles. The predicted molar refractivity (Wildman–Crippen MR) is 113 cm³/mol. The molecule has 0 bridgehead atoms. The summed E-state index contributed by atoms with van der Waals surface area (Å²) in [4.78, 5) is 13.5. The van der Waals surface area contributed by atoms with E-state index in [1.165, 1.54) is 11.5 Å². The molecule has 5 rings (SSSR count). The molecule has 144 valence electrons. The fourth-order valence-corrected chi connectivity index (χ4v) is 3.84. The molecule has 0 radical (unpaired) electrons. The third-order valence-corrected chi connectivity index (χ3v) is 5.32. The van der Waals surface area contributed by atoms with Crippen LogP contribution in [0, 0.1) is 6.92 Å². The average molecular weight is 423 g/mol. The first-order chi connectivity index (χ1) is 14.2. The van der Waals surface area contributed by atoms with Crippen molar-refractivity contribution in [1.82, 2.24) is 33.9 Å². The molecule has 0 fully saturated rings. The van der Waals surface area contributed by atoms with Crippen molar-refractivity contribution in [1.29, 1.82) is 0 Å². The number of H-pyrrole nitrogens is 1. The summed E-state index contributed by atoms with van der Waals surface area (Å²) < 4.78 is 6.53. The fraction of sp³-hybridized carbons (Fsp3) is 0.105. The first kappa shape index (κ1) is 17.8. The van der Waals surface area contributed by atoms with Crippen LogP contribution in [0.3, 0.4) is 0 Å². The molecule has 8 nitrogen and oxygen atoms in total. The number of halogens is 1. The van der Waals surface area contributed by atoms with Crippen molar-refractivity contribution in [3.05, 3.63) is 71.3 Å². The van der Waals surface area contributed by atoms with E-state index < -0.39 is 0 Å². The highest BCUT2D eigenvalue weighted by molar-refractivity contribution is 7.10. The van der Waals surface area contributed by atoms with Gasteiger partial charge in [0.25, 0.3) is 0 Å². The molecule has 5 heterocycles. The molecule has 0 aliphatic carbocycles. The van der Waals surface area contributed by atoms with E-state index in [-0.39, 0.29) is 0 Å². The Morgan fingerprint density at radius 3 is 2.90 bits per heavy atom. The van der Waals surface area contributed by atoms with Crippen LogP contribution in [-0.2, 0) is 6.42 Å². The van der Waals surface area contributed by atoms with Gasteiger partial charge in [-0.15, -0.1) is 0 Å². The molecule has 0 saturated heterocycles. The van der Waals surface area contributed by atoms with Gasteiger partial charge >= 0.3 is 0 Å². The minimum atomic E-state index is 0.624. The quantitative estimate of drug-likeness (QED) is 0.439. The van der Waals surface area contributed by atoms with E-state index in [4.69, 9.17) is 11.6 Å². The van der Waals surface area contributed by atoms with E-state index in [2.05, 4.69) is 34.8 Å². The van der Waals surface area contributed by atoms with Gasteiger partial charge in [0.2, 0.25) is 0 Å². The number of imidazole rings is 1. The van der Waals surface area contributed by atoms with Crippen molar-refractivity contribution in [2.45, 2.75) is 13.3 Å². The van der Waals surface area contributed by atoms with Gasteiger partial charge in [0.15, 0.2) is 11.5 Å². The van der Waals surface area contributed by atoms with Crippen LogP contribution in [-0.4, -0.2) is 33.9 Å². The van der Waals surface area contributed by atoms with E-state index in [0.717, 1.165) is 39.0 Å². The maximum absolute atomic E-state index is 5.90. The Morgan fingerprint density at radius 1 is 1.17 bits per heavy atom. The second-order valence-electron chi connectivity index (χ2n) is 6.51. The van der Waals surface area contributed by atoms with Crippen molar-refractivity contribution in [3.63, 3.8) is 0 Å². The molecule has 0 spiro atoms. The molecule has 10 heteroatoms. The number of pyridine rings is 1. The Morgan fingerprint density at radius 2 is 2.10 bits per heavy atom. The van der Waals surface area contributed by atoms with E-state index in [1.807, 2.05) is 48.1 Å². The number of aryl methyl sites for hydroxylation is 1. The van der Waals surface area contributed by atoms with Crippen LogP contribution < -0.4 is 5.32 Å². The lowest BCUT2D eigenvalue weighted by Gasteiger charge is -2.07. The summed E-state index contributed by atoms with van der Waals surface area (Å²) in [7, 11) is 0.